The van der Waals surface area contributed by atoms with Crippen molar-refractivity contribution in [1.29, 1.82) is 0 Å². The minimum absolute atomic E-state index is 0.00335. The first-order valence-electron chi connectivity index (χ1n) is 8.13. The van der Waals surface area contributed by atoms with Gasteiger partial charge in [0, 0.05) is 18.7 Å². The SMILES string of the molecule is COC(=O)c1nccc2c1CCC2CN1C(=O)c2ccccc2C1=O. The van der Waals surface area contributed by atoms with Crippen molar-refractivity contribution in [1.82, 2.24) is 9.88 Å². The van der Waals surface area contributed by atoms with E-state index in [-0.39, 0.29) is 17.7 Å². The Bertz CT molecular complexity index is 871. The zero-order valence-corrected chi connectivity index (χ0v) is 13.7. The Kier molecular flexibility index (Phi) is 3.60. The number of imide groups is 1. The minimum atomic E-state index is -0.460. The van der Waals surface area contributed by atoms with Gasteiger partial charge in [-0.3, -0.25) is 14.5 Å². The van der Waals surface area contributed by atoms with Gasteiger partial charge in [-0.2, -0.15) is 0 Å². The van der Waals surface area contributed by atoms with Crippen molar-refractivity contribution in [2.24, 2.45) is 0 Å². The molecular formula is C19H16N2O4. The Morgan fingerprint density at radius 3 is 2.52 bits per heavy atom. The van der Waals surface area contributed by atoms with Gasteiger partial charge < -0.3 is 4.74 Å². The molecule has 126 valence electrons. The van der Waals surface area contributed by atoms with E-state index in [1.807, 2.05) is 6.07 Å². The van der Waals surface area contributed by atoms with Crippen LogP contribution in [0.3, 0.4) is 0 Å². The second-order valence-electron chi connectivity index (χ2n) is 6.22. The summed E-state index contributed by atoms with van der Waals surface area (Å²) in [6.45, 7) is 0.309. The fourth-order valence-corrected chi connectivity index (χ4v) is 3.71. The van der Waals surface area contributed by atoms with Crippen LogP contribution in [-0.2, 0) is 11.2 Å². The van der Waals surface area contributed by atoms with E-state index in [0.717, 1.165) is 17.5 Å². The van der Waals surface area contributed by atoms with E-state index in [4.69, 9.17) is 4.74 Å². The van der Waals surface area contributed by atoms with Crippen LogP contribution in [0.5, 0.6) is 0 Å². The number of aromatic nitrogens is 1. The minimum Gasteiger partial charge on any atom is -0.464 e. The number of ether oxygens (including phenoxy) is 1. The lowest BCUT2D eigenvalue weighted by molar-refractivity contribution is 0.0590. The van der Waals surface area contributed by atoms with Crippen LogP contribution in [0.1, 0.15) is 54.7 Å². The van der Waals surface area contributed by atoms with Crippen molar-refractivity contribution in [3.05, 3.63) is 64.5 Å². The third-order valence-electron chi connectivity index (χ3n) is 4.93. The molecule has 1 aromatic heterocycles. The smallest absolute Gasteiger partial charge is 0.356 e. The number of esters is 1. The molecule has 0 spiro atoms. The van der Waals surface area contributed by atoms with Crippen LogP contribution in [0.25, 0.3) is 0 Å². The molecule has 1 atom stereocenters. The molecule has 2 amide bonds. The van der Waals surface area contributed by atoms with Crippen LogP contribution in [0.4, 0.5) is 0 Å². The summed E-state index contributed by atoms with van der Waals surface area (Å²) in [5.74, 6) is -0.963. The van der Waals surface area contributed by atoms with Crippen molar-refractivity contribution >= 4 is 17.8 Å². The van der Waals surface area contributed by atoms with Gasteiger partial charge in [0.1, 0.15) is 0 Å². The number of rotatable bonds is 3. The third kappa shape index (κ3) is 2.33. The van der Waals surface area contributed by atoms with Crippen LogP contribution < -0.4 is 0 Å². The van der Waals surface area contributed by atoms with Crippen molar-refractivity contribution in [3.8, 4) is 0 Å². The van der Waals surface area contributed by atoms with Crippen molar-refractivity contribution in [2.75, 3.05) is 13.7 Å². The lowest BCUT2D eigenvalue weighted by Crippen LogP contribution is -2.33. The molecule has 0 bridgehead atoms. The van der Waals surface area contributed by atoms with Gasteiger partial charge in [-0.25, -0.2) is 9.78 Å². The molecule has 1 aliphatic heterocycles. The fraction of sp³-hybridized carbons (Fsp3) is 0.263. The molecule has 2 aliphatic rings. The number of pyridine rings is 1. The number of carbonyl (C=O) groups excluding carboxylic acids is 3. The molecular weight excluding hydrogens is 320 g/mol. The molecule has 0 saturated carbocycles. The van der Waals surface area contributed by atoms with Crippen LogP contribution in [0.15, 0.2) is 36.5 Å². The van der Waals surface area contributed by atoms with Gasteiger partial charge in [0.05, 0.1) is 18.2 Å². The van der Waals surface area contributed by atoms with Crippen LogP contribution in [0.2, 0.25) is 0 Å². The number of benzene rings is 1. The normalized spacial score (nSPS) is 18.3. The van der Waals surface area contributed by atoms with Gasteiger partial charge in [0.2, 0.25) is 0 Å². The first-order valence-corrected chi connectivity index (χ1v) is 8.13. The summed E-state index contributed by atoms with van der Waals surface area (Å²) >= 11 is 0. The van der Waals surface area contributed by atoms with E-state index in [2.05, 4.69) is 4.98 Å². The molecule has 2 aromatic rings. The molecule has 0 radical (unpaired) electrons. The average Bonchev–Trinajstić information content (AvgIpc) is 3.16. The van der Waals surface area contributed by atoms with Crippen LogP contribution in [-0.4, -0.2) is 41.3 Å². The van der Waals surface area contributed by atoms with Crippen molar-refractivity contribution in [3.63, 3.8) is 0 Å². The maximum absolute atomic E-state index is 12.5. The Morgan fingerprint density at radius 2 is 1.88 bits per heavy atom. The Morgan fingerprint density at radius 1 is 1.20 bits per heavy atom. The predicted octanol–water partition coefficient (Wildman–Crippen LogP) is 2.19. The molecule has 6 heteroatoms. The van der Waals surface area contributed by atoms with Crippen molar-refractivity contribution < 1.29 is 19.1 Å². The molecule has 0 saturated heterocycles. The van der Waals surface area contributed by atoms with Crippen LogP contribution in [0, 0.1) is 0 Å². The largest absolute Gasteiger partial charge is 0.464 e. The summed E-state index contributed by atoms with van der Waals surface area (Å²) in [5, 5.41) is 0. The van der Waals surface area contributed by atoms with Gasteiger partial charge in [-0.15, -0.1) is 0 Å². The summed E-state index contributed by atoms with van der Waals surface area (Å²) in [7, 11) is 1.33. The van der Waals surface area contributed by atoms with Gasteiger partial charge in [-0.05, 0) is 42.2 Å². The number of hydrogen-bond donors (Lipinski definition) is 0. The molecule has 1 aliphatic carbocycles. The molecule has 0 N–H and O–H groups in total. The Balaban J connectivity index is 1.63. The maximum atomic E-state index is 12.5. The predicted molar refractivity (Wildman–Crippen MR) is 88.4 cm³/mol. The number of hydrogen-bond acceptors (Lipinski definition) is 5. The number of methoxy groups -OCH3 is 1. The lowest BCUT2D eigenvalue weighted by atomic mass is 10.0. The second kappa shape index (κ2) is 5.81. The van der Waals surface area contributed by atoms with E-state index in [9.17, 15) is 14.4 Å². The van der Waals surface area contributed by atoms with Crippen molar-refractivity contribution in [2.45, 2.75) is 18.8 Å². The number of nitrogens with zero attached hydrogens (tertiary/aromatic N) is 2. The summed E-state index contributed by atoms with van der Waals surface area (Å²) in [5.41, 5.74) is 3.05. The summed E-state index contributed by atoms with van der Waals surface area (Å²) in [6.07, 6.45) is 3.02. The lowest BCUT2D eigenvalue weighted by Gasteiger charge is -2.19. The first-order chi connectivity index (χ1) is 12.1. The molecule has 25 heavy (non-hydrogen) atoms. The van der Waals surface area contributed by atoms with Gasteiger partial charge >= 0.3 is 5.97 Å². The molecule has 1 aromatic carbocycles. The monoisotopic (exact) mass is 336 g/mol. The summed E-state index contributed by atoms with van der Waals surface area (Å²) in [4.78, 5) is 42.4. The van der Waals surface area contributed by atoms with E-state index in [0.29, 0.717) is 29.8 Å². The average molecular weight is 336 g/mol. The van der Waals surface area contributed by atoms with E-state index >= 15 is 0 Å². The molecule has 0 fully saturated rings. The highest BCUT2D eigenvalue weighted by Crippen LogP contribution is 2.36. The highest BCUT2D eigenvalue weighted by Gasteiger charge is 2.38. The second-order valence-corrected chi connectivity index (χ2v) is 6.22. The standard InChI is InChI=1S/C19H16N2O4/c1-25-19(24)16-13-7-6-11(12(13)8-9-20-16)10-21-17(22)14-4-2-3-5-15(14)18(21)23/h2-5,8-9,11H,6-7,10H2,1H3. The van der Waals surface area contributed by atoms with Gasteiger partial charge in [-0.1, -0.05) is 12.1 Å². The van der Waals surface area contributed by atoms with Gasteiger partial charge in [0.25, 0.3) is 11.8 Å². The molecule has 4 rings (SSSR count). The zero-order valence-electron chi connectivity index (χ0n) is 13.7. The molecule has 6 nitrogen and oxygen atoms in total. The maximum Gasteiger partial charge on any atom is 0.356 e. The third-order valence-corrected chi connectivity index (χ3v) is 4.93. The zero-order chi connectivity index (χ0) is 17.6. The van der Waals surface area contributed by atoms with E-state index < -0.39 is 5.97 Å². The highest BCUT2D eigenvalue weighted by molar-refractivity contribution is 6.21. The topological polar surface area (TPSA) is 76.6 Å². The fourth-order valence-electron chi connectivity index (χ4n) is 3.71. The number of fused-ring (bicyclic) bond motifs is 2. The van der Waals surface area contributed by atoms with E-state index in [1.165, 1.54) is 12.0 Å². The Hall–Kier alpha value is -3.02. The highest BCUT2D eigenvalue weighted by atomic mass is 16.5. The first kappa shape index (κ1) is 15.5. The number of amides is 2. The summed E-state index contributed by atoms with van der Waals surface area (Å²) < 4.78 is 4.79. The molecule has 1 unspecified atom stereocenters. The summed E-state index contributed by atoms with van der Waals surface area (Å²) in [6, 6.07) is 8.73. The van der Waals surface area contributed by atoms with E-state index in [1.54, 1.807) is 30.5 Å². The Labute approximate surface area is 144 Å². The quantitative estimate of drug-likeness (QED) is 0.634. The number of carbonyl (C=O) groups is 3. The van der Waals surface area contributed by atoms with Crippen LogP contribution >= 0.6 is 0 Å². The van der Waals surface area contributed by atoms with Gasteiger partial charge in [0.15, 0.2) is 5.69 Å². The molecule has 2 heterocycles.